The first-order valence-corrected chi connectivity index (χ1v) is 8.57. The lowest BCUT2D eigenvalue weighted by atomic mass is 9.96. The highest BCUT2D eigenvalue weighted by atomic mass is 35.5. The van der Waals surface area contributed by atoms with Crippen molar-refractivity contribution in [3.63, 3.8) is 0 Å². The SMILES string of the molecule is COC(=O)C[C@H](NC(=O)c1cccc(Cl)c1)c1cccc2ccccc12. The van der Waals surface area contributed by atoms with Crippen LogP contribution in [-0.2, 0) is 9.53 Å². The number of benzene rings is 3. The van der Waals surface area contributed by atoms with Gasteiger partial charge in [0, 0.05) is 10.6 Å². The van der Waals surface area contributed by atoms with E-state index in [-0.39, 0.29) is 12.3 Å². The Kier molecular flexibility index (Phi) is 5.54. The number of amides is 1. The van der Waals surface area contributed by atoms with Gasteiger partial charge in [0.05, 0.1) is 19.6 Å². The number of nitrogens with one attached hydrogen (secondary N) is 1. The maximum Gasteiger partial charge on any atom is 0.307 e. The lowest BCUT2D eigenvalue weighted by Gasteiger charge is -2.20. The summed E-state index contributed by atoms with van der Waals surface area (Å²) < 4.78 is 4.81. The van der Waals surface area contributed by atoms with E-state index in [9.17, 15) is 9.59 Å². The minimum absolute atomic E-state index is 0.0385. The Morgan fingerprint density at radius 2 is 1.77 bits per heavy atom. The highest BCUT2D eigenvalue weighted by molar-refractivity contribution is 6.30. The van der Waals surface area contributed by atoms with Crippen molar-refractivity contribution in [1.82, 2.24) is 5.32 Å². The number of halogens is 1. The lowest BCUT2D eigenvalue weighted by Crippen LogP contribution is -2.30. The summed E-state index contributed by atoms with van der Waals surface area (Å²) in [4.78, 5) is 24.6. The summed E-state index contributed by atoms with van der Waals surface area (Å²) in [5, 5.41) is 5.44. The van der Waals surface area contributed by atoms with Crippen LogP contribution in [0, 0.1) is 0 Å². The average molecular weight is 368 g/mol. The molecule has 0 aliphatic heterocycles. The molecule has 5 heteroatoms. The second-order valence-corrected chi connectivity index (χ2v) is 6.32. The number of hydrogen-bond donors (Lipinski definition) is 1. The minimum Gasteiger partial charge on any atom is -0.469 e. The van der Waals surface area contributed by atoms with Gasteiger partial charge in [-0.05, 0) is 34.5 Å². The number of rotatable bonds is 5. The third-order valence-corrected chi connectivity index (χ3v) is 4.42. The molecule has 1 atom stereocenters. The van der Waals surface area contributed by atoms with Crippen LogP contribution in [0.5, 0.6) is 0 Å². The zero-order valence-corrected chi connectivity index (χ0v) is 15.0. The van der Waals surface area contributed by atoms with Crippen LogP contribution in [0.15, 0.2) is 66.7 Å². The highest BCUT2D eigenvalue weighted by Gasteiger charge is 2.21. The van der Waals surface area contributed by atoms with E-state index >= 15 is 0 Å². The monoisotopic (exact) mass is 367 g/mol. The molecule has 3 rings (SSSR count). The molecule has 0 fully saturated rings. The molecule has 132 valence electrons. The standard InChI is InChI=1S/C21H18ClNO3/c1-26-20(24)13-19(23-21(25)15-8-4-9-16(22)12-15)18-11-5-7-14-6-2-3-10-17(14)18/h2-12,19H,13H2,1H3,(H,23,25)/t19-/m0/s1. The highest BCUT2D eigenvalue weighted by Crippen LogP contribution is 2.27. The van der Waals surface area contributed by atoms with Gasteiger partial charge in [0.15, 0.2) is 0 Å². The van der Waals surface area contributed by atoms with E-state index in [0.29, 0.717) is 10.6 Å². The Hall–Kier alpha value is -2.85. The van der Waals surface area contributed by atoms with Gasteiger partial charge < -0.3 is 10.1 Å². The van der Waals surface area contributed by atoms with Crippen LogP contribution in [0.3, 0.4) is 0 Å². The maximum absolute atomic E-state index is 12.7. The molecule has 26 heavy (non-hydrogen) atoms. The summed E-state index contributed by atoms with van der Waals surface area (Å²) in [5.74, 6) is -0.691. The predicted molar refractivity (Wildman–Crippen MR) is 102 cm³/mol. The maximum atomic E-state index is 12.7. The third-order valence-electron chi connectivity index (χ3n) is 4.19. The molecule has 0 saturated carbocycles. The number of ether oxygens (including phenoxy) is 1. The van der Waals surface area contributed by atoms with Gasteiger partial charge in [-0.1, -0.05) is 60.1 Å². The van der Waals surface area contributed by atoms with Crippen molar-refractivity contribution >= 4 is 34.2 Å². The average Bonchev–Trinajstić information content (AvgIpc) is 2.66. The largest absolute Gasteiger partial charge is 0.469 e. The van der Waals surface area contributed by atoms with E-state index in [1.165, 1.54) is 7.11 Å². The van der Waals surface area contributed by atoms with E-state index in [2.05, 4.69) is 5.32 Å². The van der Waals surface area contributed by atoms with E-state index < -0.39 is 12.0 Å². The van der Waals surface area contributed by atoms with Crippen molar-refractivity contribution in [1.29, 1.82) is 0 Å². The summed E-state index contributed by atoms with van der Waals surface area (Å²) in [7, 11) is 1.33. The van der Waals surface area contributed by atoms with Crippen molar-refractivity contribution in [2.24, 2.45) is 0 Å². The number of esters is 1. The van der Waals surface area contributed by atoms with Crippen LogP contribution < -0.4 is 5.32 Å². The molecule has 0 unspecified atom stereocenters. The first-order chi connectivity index (χ1) is 12.6. The van der Waals surface area contributed by atoms with Crippen LogP contribution in [0.2, 0.25) is 5.02 Å². The zero-order valence-electron chi connectivity index (χ0n) is 14.2. The number of methoxy groups -OCH3 is 1. The topological polar surface area (TPSA) is 55.4 Å². The van der Waals surface area contributed by atoms with Gasteiger partial charge in [0.1, 0.15) is 0 Å². The van der Waals surface area contributed by atoms with Gasteiger partial charge in [-0.2, -0.15) is 0 Å². The molecule has 0 heterocycles. The van der Waals surface area contributed by atoms with E-state index in [1.807, 2.05) is 42.5 Å². The fourth-order valence-corrected chi connectivity index (χ4v) is 3.10. The Bertz CT molecular complexity index is 949. The molecule has 0 bridgehead atoms. The van der Waals surface area contributed by atoms with Gasteiger partial charge in [-0.15, -0.1) is 0 Å². The molecule has 0 aliphatic carbocycles. The normalized spacial score (nSPS) is 11.8. The molecule has 0 aromatic heterocycles. The van der Waals surface area contributed by atoms with Gasteiger partial charge in [-0.25, -0.2) is 0 Å². The third kappa shape index (κ3) is 4.03. The molecule has 0 saturated heterocycles. The zero-order chi connectivity index (χ0) is 18.5. The van der Waals surface area contributed by atoms with Crippen LogP contribution in [0.1, 0.15) is 28.4 Å². The lowest BCUT2D eigenvalue weighted by molar-refractivity contribution is -0.141. The summed E-state index contributed by atoms with van der Waals surface area (Å²) in [6, 6.07) is 19.8. The van der Waals surface area contributed by atoms with Crippen LogP contribution in [0.25, 0.3) is 10.8 Å². The second-order valence-electron chi connectivity index (χ2n) is 5.89. The van der Waals surface area contributed by atoms with Crippen molar-refractivity contribution in [3.05, 3.63) is 82.9 Å². The summed E-state index contributed by atoms with van der Waals surface area (Å²) in [6.07, 6.45) is 0.0385. The Balaban J connectivity index is 1.97. The quantitative estimate of drug-likeness (QED) is 0.674. The van der Waals surface area contributed by atoms with E-state index in [1.54, 1.807) is 24.3 Å². The van der Waals surface area contributed by atoms with Crippen LogP contribution in [0.4, 0.5) is 0 Å². The number of carbonyl (C=O) groups excluding carboxylic acids is 2. The molecule has 0 spiro atoms. The summed E-state index contributed by atoms with van der Waals surface area (Å²) in [6.45, 7) is 0. The Morgan fingerprint density at radius 3 is 2.54 bits per heavy atom. The molecular weight excluding hydrogens is 350 g/mol. The van der Waals surface area contributed by atoms with Gasteiger partial charge in [0.2, 0.25) is 0 Å². The molecule has 1 N–H and O–H groups in total. The van der Waals surface area contributed by atoms with Crippen molar-refractivity contribution in [3.8, 4) is 0 Å². The molecule has 0 radical (unpaired) electrons. The predicted octanol–water partition coefficient (Wildman–Crippen LogP) is 4.53. The number of fused-ring (bicyclic) bond motifs is 1. The Labute approximate surface area is 156 Å². The molecule has 4 nitrogen and oxygen atoms in total. The van der Waals surface area contributed by atoms with E-state index in [4.69, 9.17) is 16.3 Å². The first-order valence-electron chi connectivity index (χ1n) is 8.19. The van der Waals surface area contributed by atoms with Crippen molar-refractivity contribution in [2.45, 2.75) is 12.5 Å². The molecule has 0 aliphatic rings. The molecule has 3 aromatic carbocycles. The van der Waals surface area contributed by atoms with E-state index in [0.717, 1.165) is 16.3 Å². The number of carbonyl (C=O) groups is 2. The second kappa shape index (κ2) is 8.02. The first kappa shape index (κ1) is 18.0. The molecule has 1 amide bonds. The van der Waals surface area contributed by atoms with Crippen LogP contribution in [-0.4, -0.2) is 19.0 Å². The Morgan fingerprint density at radius 1 is 1.04 bits per heavy atom. The summed E-state index contributed by atoms with van der Waals surface area (Å²) >= 11 is 5.97. The van der Waals surface area contributed by atoms with Gasteiger partial charge >= 0.3 is 5.97 Å². The fourth-order valence-electron chi connectivity index (χ4n) is 2.91. The molecular formula is C21H18ClNO3. The fraction of sp³-hybridized carbons (Fsp3) is 0.143. The van der Waals surface area contributed by atoms with Crippen molar-refractivity contribution < 1.29 is 14.3 Å². The summed E-state index contributed by atoms with van der Waals surface area (Å²) in [5.41, 5.74) is 1.30. The van der Waals surface area contributed by atoms with Crippen molar-refractivity contribution in [2.75, 3.05) is 7.11 Å². The molecule has 3 aromatic rings. The van der Waals surface area contributed by atoms with Gasteiger partial charge in [-0.3, -0.25) is 9.59 Å². The minimum atomic E-state index is -0.514. The smallest absolute Gasteiger partial charge is 0.307 e. The number of hydrogen-bond acceptors (Lipinski definition) is 3. The van der Waals surface area contributed by atoms with Gasteiger partial charge in [0.25, 0.3) is 5.91 Å². The van der Waals surface area contributed by atoms with Crippen LogP contribution >= 0.6 is 11.6 Å².